The summed E-state index contributed by atoms with van der Waals surface area (Å²) >= 11 is 0. The second-order valence-corrected chi connectivity index (χ2v) is 6.03. The van der Waals surface area contributed by atoms with Crippen LogP contribution in [0, 0.1) is 0 Å². The van der Waals surface area contributed by atoms with Gasteiger partial charge in [-0.2, -0.15) is 0 Å². The molecule has 5 nitrogen and oxygen atoms in total. The Balaban J connectivity index is 1.50. The molecule has 3 rings (SSSR count). The first-order valence-electron chi connectivity index (χ1n) is 8.41. The maximum absolute atomic E-state index is 10.5. The monoisotopic (exact) mass is 344 g/mol. The molecule has 2 aromatic carbocycles. The summed E-state index contributed by atoms with van der Waals surface area (Å²) in [6, 6.07) is 19.7. The van der Waals surface area contributed by atoms with Gasteiger partial charge in [0.25, 0.3) is 0 Å². The van der Waals surface area contributed by atoms with Crippen molar-refractivity contribution in [3.8, 4) is 0 Å². The van der Waals surface area contributed by atoms with Crippen LogP contribution in [0.1, 0.15) is 11.1 Å². The van der Waals surface area contributed by atoms with E-state index in [9.17, 15) is 5.11 Å². The molecule has 5 heteroatoms. The standard InChI is InChI=1S/C20H24O5/c1-22-20-19(24-13-16-10-6-3-7-11-16)18(21)17(25-20)14-23-12-15-8-4-2-5-9-15/h2-11,17-21H,12-14H2,1H3/t17-,18-,19-,20-/m1/s1. The van der Waals surface area contributed by atoms with Crippen molar-refractivity contribution < 1.29 is 24.1 Å². The Hall–Kier alpha value is -1.76. The van der Waals surface area contributed by atoms with Gasteiger partial charge >= 0.3 is 0 Å². The molecular weight excluding hydrogens is 320 g/mol. The van der Waals surface area contributed by atoms with Gasteiger partial charge in [0, 0.05) is 7.11 Å². The minimum absolute atomic E-state index is 0.279. The Kier molecular flexibility index (Phi) is 6.55. The van der Waals surface area contributed by atoms with E-state index in [1.165, 1.54) is 0 Å². The number of ether oxygens (including phenoxy) is 4. The van der Waals surface area contributed by atoms with Gasteiger partial charge < -0.3 is 24.1 Å². The Morgan fingerprint density at radius 3 is 2.12 bits per heavy atom. The average molecular weight is 344 g/mol. The molecule has 1 heterocycles. The molecule has 0 radical (unpaired) electrons. The maximum Gasteiger partial charge on any atom is 0.186 e. The lowest BCUT2D eigenvalue weighted by Crippen LogP contribution is -2.37. The molecule has 4 atom stereocenters. The predicted molar refractivity (Wildman–Crippen MR) is 92.8 cm³/mol. The molecule has 0 bridgehead atoms. The lowest BCUT2D eigenvalue weighted by atomic mass is 10.1. The van der Waals surface area contributed by atoms with Gasteiger partial charge in [0.1, 0.15) is 18.3 Å². The van der Waals surface area contributed by atoms with Gasteiger partial charge in [0.15, 0.2) is 6.29 Å². The van der Waals surface area contributed by atoms with Gasteiger partial charge in [0.05, 0.1) is 19.8 Å². The van der Waals surface area contributed by atoms with E-state index in [-0.39, 0.29) is 6.61 Å². The van der Waals surface area contributed by atoms with Crippen molar-refractivity contribution in [3.05, 3.63) is 71.8 Å². The van der Waals surface area contributed by atoms with Crippen molar-refractivity contribution in [1.82, 2.24) is 0 Å². The van der Waals surface area contributed by atoms with Crippen molar-refractivity contribution in [1.29, 1.82) is 0 Å². The molecule has 1 N–H and O–H groups in total. The number of aliphatic hydroxyl groups excluding tert-OH is 1. The average Bonchev–Trinajstić information content (AvgIpc) is 2.97. The Morgan fingerprint density at radius 2 is 1.52 bits per heavy atom. The van der Waals surface area contributed by atoms with E-state index in [4.69, 9.17) is 18.9 Å². The number of hydrogen-bond acceptors (Lipinski definition) is 5. The van der Waals surface area contributed by atoms with E-state index < -0.39 is 24.6 Å². The molecule has 0 unspecified atom stereocenters. The molecular formula is C20H24O5. The van der Waals surface area contributed by atoms with Crippen molar-refractivity contribution >= 4 is 0 Å². The van der Waals surface area contributed by atoms with Gasteiger partial charge in [0.2, 0.25) is 0 Å². The molecule has 0 spiro atoms. The minimum Gasteiger partial charge on any atom is -0.387 e. The first-order valence-corrected chi connectivity index (χ1v) is 8.41. The van der Waals surface area contributed by atoms with Gasteiger partial charge in [-0.05, 0) is 11.1 Å². The number of benzene rings is 2. The normalized spacial score (nSPS) is 26.0. The van der Waals surface area contributed by atoms with Gasteiger partial charge in [-0.15, -0.1) is 0 Å². The van der Waals surface area contributed by atoms with E-state index in [1.54, 1.807) is 7.11 Å². The van der Waals surface area contributed by atoms with Gasteiger partial charge in [-0.3, -0.25) is 0 Å². The maximum atomic E-state index is 10.5. The highest BCUT2D eigenvalue weighted by molar-refractivity contribution is 5.14. The topological polar surface area (TPSA) is 57.2 Å². The summed E-state index contributed by atoms with van der Waals surface area (Å²) in [5.74, 6) is 0. The summed E-state index contributed by atoms with van der Waals surface area (Å²) in [6.07, 6.45) is -2.43. The number of aliphatic hydroxyl groups is 1. The van der Waals surface area contributed by atoms with Crippen molar-refractivity contribution in [2.45, 2.75) is 37.8 Å². The lowest BCUT2D eigenvalue weighted by Gasteiger charge is -2.20. The summed E-state index contributed by atoms with van der Waals surface area (Å²) < 4.78 is 22.6. The molecule has 0 saturated carbocycles. The van der Waals surface area contributed by atoms with Crippen LogP contribution in [-0.4, -0.2) is 43.4 Å². The number of methoxy groups -OCH3 is 1. The fourth-order valence-electron chi connectivity index (χ4n) is 2.84. The van der Waals surface area contributed by atoms with Crippen LogP contribution in [0.25, 0.3) is 0 Å². The summed E-state index contributed by atoms with van der Waals surface area (Å²) in [5, 5.41) is 10.5. The second-order valence-electron chi connectivity index (χ2n) is 6.03. The second kappa shape index (κ2) is 9.08. The molecule has 25 heavy (non-hydrogen) atoms. The quantitative estimate of drug-likeness (QED) is 0.797. The van der Waals surface area contributed by atoms with Gasteiger partial charge in [-0.25, -0.2) is 0 Å². The third kappa shape index (κ3) is 4.87. The largest absolute Gasteiger partial charge is 0.387 e. The zero-order valence-electron chi connectivity index (χ0n) is 14.3. The van der Waals surface area contributed by atoms with E-state index in [1.807, 2.05) is 60.7 Å². The molecule has 0 aliphatic carbocycles. The zero-order valence-corrected chi connectivity index (χ0v) is 14.3. The number of hydrogen-bond donors (Lipinski definition) is 1. The highest BCUT2D eigenvalue weighted by Crippen LogP contribution is 2.26. The highest BCUT2D eigenvalue weighted by Gasteiger charge is 2.44. The first kappa shape index (κ1) is 18.0. The van der Waals surface area contributed by atoms with E-state index >= 15 is 0 Å². The van der Waals surface area contributed by atoms with Crippen molar-refractivity contribution in [2.75, 3.05) is 13.7 Å². The lowest BCUT2D eigenvalue weighted by molar-refractivity contribution is -0.170. The summed E-state index contributed by atoms with van der Waals surface area (Å²) in [4.78, 5) is 0. The smallest absolute Gasteiger partial charge is 0.186 e. The van der Waals surface area contributed by atoms with Crippen LogP contribution in [-0.2, 0) is 32.2 Å². The molecule has 1 fully saturated rings. The fourth-order valence-corrected chi connectivity index (χ4v) is 2.84. The summed E-state index contributed by atoms with van der Waals surface area (Å²) in [7, 11) is 1.55. The Morgan fingerprint density at radius 1 is 0.920 bits per heavy atom. The molecule has 2 aromatic rings. The minimum atomic E-state index is -0.801. The zero-order chi connectivity index (χ0) is 17.5. The predicted octanol–water partition coefficient (Wildman–Crippen LogP) is 2.52. The third-order valence-corrected chi connectivity index (χ3v) is 4.21. The van der Waals surface area contributed by atoms with Crippen LogP contribution >= 0.6 is 0 Å². The first-order chi connectivity index (χ1) is 12.3. The molecule has 134 valence electrons. The third-order valence-electron chi connectivity index (χ3n) is 4.21. The van der Waals surface area contributed by atoms with Crippen LogP contribution in [0.2, 0.25) is 0 Å². The summed E-state index contributed by atoms with van der Waals surface area (Å²) in [5.41, 5.74) is 2.11. The molecule has 0 aromatic heterocycles. The highest BCUT2D eigenvalue weighted by atomic mass is 16.7. The van der Waals surface area contributed by atoms with E-state index in [0.29, 0.717) is 13.2 Å². The van der Waals surface area contributed by atoms with Gasteiger partial charge in [-0.1, -0.05) is 60.7 Å². The van der Waals surface area contributed by atoms with Crippen LogP contribution in [0.5, 0.6) is 0 Å². The summed E-state index contributed by atoms with van der Waals surface area (Å²) in [6.45, 7) is 1.14. The molecule has 0 amide bonds. The van der Waals surface area contributed by atoms with Crippen LogP contribution in [0.4, 0.5) is 0 Å². The van der Waals surface area contributed by atoms with Crippen LogP contribution < -0.4 is 0 Å². The van der Waals surface area contributed by atoms with Crippen LogP contribution in [0.3, 0.4) is 0 Å². The van der Waals surface area contributed by atoms with E-state index in [0.717, 1.165) is 11.1 Å². The SMILES string of the molecule is CO[C@@H]1O[C@H](COCc2ccccc2)[C@@H](O)[C@H]1OCc1ccccc1. The Labute approximate surface area is 148 Å². The molecule has 1 aliphatic heterocycles. The van der Waals surface area contributed by atoms with Crippen molar-refractivity contribution in [3.63, 3.8) is 0 Å². The van der Waals surface area contributed by atoms with E-state index in [2.05, 4.69) is 0 Å². The molecule has 1 aliphatic rings. The Bertz CT molecular complexity index is 618. The fraction of sp³-hybridized carbons (Fsp3) is 0.400. The number of rotatable bonds is 8. The van der Waals surface area contributed by atoms with Crippen molar-refractivity contribution in [2.24, 2.45) is 0 Å². The van der Waals surface area contributed by atoms with Crippen LogP contribution in [0.15, 0.2) is 60.7 Å². The molecule has 1 saturated heterocycles.